The van der Waals surface area contributed by atoms with Crippen LogP contribution in [-0.4, -0.2) is 23.7 Å². The van der Waals surface area contributed by atoms with Crippen molar-refractivity contribution in [1.82, 2.24) is 9.88 Å². The summed E-state index contributed by atoms with van der Waals surface area (Å²) in [7, 11) is 1.94. The van der Waals surface area contributed by atoms with Crippen LogP contribution in [0.1, 0.15) is 47.8 Å². The average molecular weight is 609 g/mol. The molecular formula is C43H36N4. The Morgan fingerprint density at radius 2 is 1.43 bits per heavy atom. The summed E-state index contributed by atoms with van der Waals surface area (Å²) >= 11 is 0. The van der Waals surface area contributed by atoms with E-state index in [2.05, 4.69) is 133 Å². The van der Waals surface area contributed by atoms with Crippen LogP contribution < -0.4 is 5.32 Å². The van der Waals surface area contributed by atoms with Crippen molar-refractivity contribution in [1.29, 1.82) is 0 Å². The van der Waals surface area contributed by atoms with Crippen LogP contribution in [0.25, 0.3) is 38.6 Å². The minimum absolute atomic E-state index is 0.155. The second kappa shape index (κ2) is 11.7. The molecule has 0 bridgehead atoms. The standard InChI is InChI=1S/C43H36N4/c1-43(2)37-23-12-10-21-33(37)35-25-26-36-34-22-11-13-24-38(34)47(40(36)39(35)43)32-20-14-19-31(27-32)42(45-28-29-15-6-4-7-16-29)46-41(44-3)30-17-8-5-9-18-30/h4-28,41,44H,1-3H3/b45-28+,46-42-. The first-order valence-corrected chi connectivity index (χ1v) is 16.2. The topological polar surface area (TPSA) is 41.7 Å². The average Bonchev–Trinajstić information content (AvgIpc) is 3.58. The molecule has 1 unspecified atom stereocenters. The number of fused-ring (bicyclic) bond motifs is 7. The summed E-state index contributed by atoms with van der Waals surface area (Å²) in [6.45, 7) is 4.72. The van der Waals surface area contributed by atoms with Crippen molar-refractivity contribution in [3.63, 3.8) is 0 Å². The van der Waals surface area contributed by atoms with Crippen LogP contribution >= 0.6 is 0 Å². The molecule has 0 amide bonds. The molecule has 7 aromatic rings. The molecule has 0 aliphatic heterocycles. The van der Waals surface area contributed by atoms with Gasteiger partial charge in [0.1, 0.15) is 6.17 Å². The summed E-state index contributed by atoms with van der Waals surface area (Å²) in [4.78, 5) is 10.2. The Morgan fingerprint density at radius 3 is 2.23 bits per heavy atom. The maximum atomic E-state index is 5.20. The molecule has 4 nitrogen and oxygen atoms in total. The third kappa shape index (κ3) is 4.89. The van der Waals surface area contributed by atoms with Crippen molar-refractivity contribution in [2.75, 3.05) is 7.05 Å². The number of aliphatic imine (C=N–C) groups is 2. The second-order valence-electron chi connectivity index (χ2n) is 12.7. The fourth-order valence-electron chi connectivity index (χ4n) is 7.29. The summed E-state index contributed by atoms with van der Waals surface area (Å²) in [6, 6.07) is 51.4. The van der Waals surface area contributed by atoms with E-state index < -0.39 is 0 Å². The van der Waals surface area contributed by atoms with Crippen molar-refractivity contribution in [3.8, 4) is 16.8 Å². The lowest BCUT2D eigenvalue weighted by Gasteiger charge is -2.23. The lowest BCUT2D eigenvalue weighted by Crippen LogP contribution is -2.17. The molecule has 8 rings (SSSR count). The largest absolute Gasteiger partial charge is 0.309 e. The molecule has 1 aliphatic rings. The van der Waals surface area contributed by atoms with Gasteiger partial charge in [0.15, 0.2) is 5.84 Å². The van der Waals surface area contributed by atoms with Gasteiger partial charge in [-0.1, -0.05) is 141 Å². The normalized spacial score (nSPS) is 14.5. The molecule has 0 saturated heterocycles. The highest BCUT2D eigenvalue weighted by atomic mass is 15.1. The van der Waals surface area contributed by atoms with E-state index >= 15 is 0 Å². The molecule has 0 fully saturated rings. The van der Waals surface area contributed by atoms with Crippen LogP contribution in [0.4, 0.5) is 0 Å². The number of amidine groups is 1. The zero-order valence-electron chi connectivity index (χ0n) is 26.9. The molecule has 0 spiro atoms. The van der Waals surface area contributed by atoms with E-state index in [4.69, 9.17) is 9.98 Å². The van der Waals surface area contributed by atoms with Gasteiger partial charge < -0.3 is 4.57 Å². The van der Waals surface area contributed by atoms with E-state index in [0.717, 1.165) is 22.4 Å². The van der Waals surface area contributed by atoms with Gasteiger partial charge in [-0.05, 0) is 58.6 Å². The van der Waals surface area contributed by atoms with Crippen molar-refractivity contribution in [2.24, 2.45) is 9.98 Å². The SMILES string of the molecule is CNC(/N=C(\N=C\c1ccccc1)c1cccc(-n2c3ccccc3c3ccc4c(c32)C(C)(C)c2ccccc2-4)c1)c1ccccc1. The number of benzene rings is 6. The number of nitrogens with zero attached hydrogens (tertiary/aromatic N) is 3. The van der Waals surface area contributed by atoms with Crippen LogP contribution in [0.2, 0.25) is 0 Å². The molecule has 0 saturated carbocycles. The highest BCUT2D eigenvalue weighted by molar-refractivity contribution is 6.13. The van der Waals surface area contributed by atoms with E-state index in [1.54, 1.807) is 0 Å². The molecule has 1 aromatic heterocycles. The van der Waals surface area contributed by atoms with Crippen molar-refractivity contribution < 1.29 is 0 Å². The van der Waals surface area contributed by atoms with Crippen LogP contribution in [0, 0.1) is 0 Å². The Labute approximate surface area is 275 Å². The van der Waals surface area contributed by atoms with Gasteiger partial charge in [0, 0.05) is 33.7 Å². The molecular weight excluding hydrogens is 573 g/mol. The van der Waals surface area contributed by atoms with Gasteiger partial charge in [-0.25, -0.2) is 9.98 Å². The Morgan fingerprint density at radius 1 is 0.702 bits per heavy atom. The predicted molar refractivity (Wildman–Crippen MR) is 197 cm³/mol. The number of para-hydroxylation sites is 1. The number of aromatic nitrogens is 1. The fraction of sp³-hybridized carbons (Fsp3) is 0.116. The van der Waals surface area contributed by atoms with E-state index in [9.17, 15) is 0 Å². The molecule has 1 heterocycles. The third-order valence-electron chi connectivity index (χ3n) is 9.49. The number of rotatable bonds is 6. The first-order valence-electron chi connectivity index (χ1n) is 16.2. The van der Waals surface area contributed by atoms with Gasteiger partial charge >= 0.3 is 0 Å². The zero-order chi connectivity index (χ0) is 32.0. The zero-order valence-corrected chi connectivity index (χ0v) is 26.9. The summed E-state index contributed by atoms with van der Waals surface area (Å²) in [5.74, 6) is 0.664. The molecule has 0 radical (unpaired) electrons. The summed E-state index contributed by atoms with van der Waals surface area (Å²) in [5.41, 5.74) is 11.8. The lowest BCUT2D eigenvalue weighted by molar-refractivity contribution is 0.625. The number of hydrogen-bond donors (Lipinski definition) is 1. The highest BCUT2D eigenvalue weighted by Crippen LogP contribution is 2.52. The van der Waals surface area contributed by atoms with E-state index in [-0.39, 0.29) is 11.6 Å². The predicted octanol–water partition coefficient (Wildman–Crippen LogP) is 9.87. The van der Waals surface area contributed by atoms with Crippen molar-refractivity contribution in [3.05, 3.63) is 173 Å². The maximum absolute atomic E-state index is 5.20. The van der Waals surface area contributed by atoms with Gasteiger partial charge in [-0.2, -0.15) is 0 Å². The monoisotopic (exact) mass is 608 g/mol. The summed E-state index contributed by atoms with van der Waals surface area (Å²) < 4.78 is 2.45. The number of hydrogen-bond acceptors (Lipinski definition) is 2. The van der Waals surface area contributed by atoms with Crippen molar-refractivity contribution >= 4 is 33.9 Å². The van der Waals surface area contributed by atoms with Crippen LogP contribution in [-0.2, 0) is 5.41 Å². The molecule has 228 valence electrons. The molecule has 1 atom stereocenters. The summed E-state index contributed by atoms with van der Waals surface area (Å²) in [5, 5.41) is 5.90. The third-order valence-corrected chi connectivity index (χ3v) is 9.49. The van der Waals surface area contributed by atoms with E-state index in [1.165, 1.54) is 44.1 Å². The first-order chi connectivity index (χ1) is 23.0. The fourth-order valence-corrected chi connectivity index (χ4v) is 7.29. The Hall–Kier alpha value is -5.58. The Balaban J connectivity index is 1.35. The second-order valence-corrected chi connectivity index (χ2v) is 12.7. The van der Waals surface area contributed by atoms with Gasteiger partial charge in [0.2, 0.25) is 0 Å². The molecule has 47 heavy (non-hydrogen) atoms. The quantitative estimate of drug-likeness (QED) is 0.148. The lowest BCUT2D eigenvalue weighted by atomic mass is 9.81. The Bertz CT molecular complexity index is 2310. The Kier molecular flexibility index (Phi) is 7.16. The highest BCUT2D eigenvalue weighted by Gasteiger charge is 2.38. The van der Waals surface area contributed by atoms with Gasteiger partial charge in [0.25, 0.3) is 0 Å². The summed E-state index contributed by atoms with van der Waals surface area (Å²) in [6.07, 6.45) is 1.65. The van der Waals surface area contributed by atoms with E-state index in [0.29, 0.717) is 5.84 Å². The van der Waals surface area contributed by atoms with Gasteiger partial charge in [-0.3, -0.25) is 5.32 Å². The van der Waals surface area contributed by atoms with Gasteiger partial charge in [-0.15, -0.1) is 0 Å². The van der Waals surface area contributed by atoms with Crippen molar-refractivity contribution in [2.45, 2.75) is 25.4 Å². The van der Waals surface area contributed by atoms with E-state index in [1.807, 2.05) is 49.7 Å². The van der Waals surface area contributed by atoms with Crippen LogP contribution in [0.5, 0.6) is 0 Å². The van der Waals surface area contributed by atoms with Crippen LogP contribution in [0.15, 0.2) is 156 Å². The molecule has 1 aliphatic carbocycles. The first kappa shape index (κ1) is 28.9. The minimum Gasteiger partial charge on any atom is -0.309 e. The molecule has 4 heteroatoms. The molecule has 6 aromatic carbocycles. The smallest absolute Gasteiger partial charge is 0.156 e. The maximum Gasteiger partial charge on any atom is 0.156 e. The molecule has 1 N–H and O–H groups in total. The van der Waals surface area contributed by atoms with Crippen LogP contribution in [0.3, 0.4) is 0 Å². The minimum atomic E-state index is -0.251. The van der Waals surface area contributed by atoms with Gasteiger partial charge in [0.05, 0.1) is 11.0 Å². The number of nitrogens with one attached hydrogen (secondary N) is 1.